The van der Waals surface area contributed by atoms with Crippen LogP contribution in [0.25, 0.3) is 27.8 Å². The predicted octanol–water partition coefficient (Wildman–Crippen LogP) is 7.04. The molecule has 0 bridgehead atoms. The van der Waals surface area contributed by atoms with Gasteiger partial charge in [0.2, 0.25) is 0 Å². The maximum absolute atomic E-state index is 12.5. The molecule has 0 aliphatic carbocycles. The smallest absolute Gasteiger partial charge is 0.273 e. The van der Waals surface area contributed by atoms with E-state index in [1.807, 2.05) is 42.0 Å². The number of thiophene rings is 1. The van der Waals surface area contributed by atoms with Gasteiger partial charge in [0.25, 0.3) is 15.9 Å². The number of amides is 1. The number of benzene rings is 3. The molecule has 0 unspecified atom stereocenters. The molecule has 9 heteroatoms. The van der Waals surface area contributed by atoms with Gasteiger partial charge in [0.05, 0.1) is 10.5 Å². The number of halogens is 2. The van der Waals surface area contributed by atoms with E-state index in [1.54, 1.807) is 6.08 Å². The van der Waals surface area contributed by atoms with Crippen LogP contribution in [-0.4, -0.2) is 18.9 Å². The topological polar surface area (TPSA) is 68.2 Å². The van der Waals surface area contributed by atoms with Crippen LogP contribution in [-0.2, 0) is 21.4 Å². The van der Waals surface area contributed by atoms with Crippen molar-refractivity contribution in [1.82, 2.24) is 9.29 Å². The van der Waals surface area contributed by atoms with Gasteiger partial charge in [-0.1, -0.05) is 77.8 Å². The van der Waals surface area contributed by atoms with E-state index in [9.17, 15) is 13.2 Å². The number of aryl methyl sites for hydroxylation is 1. The number of nitrogens with zero attached hydrogens (tertiary/aromatic N) is 1. The molecule has 36 heavy (non-hydrogen) atoms. The molecule has 0 fully saturated rings. The number of fused-ring (bicyclic) bond motifs is 2. The van der Waals surface area contributed by atoms with Crippen LogP contribution in [0, 0.1) is 6.92 Å². The molecule has 0 saturated heterocycles. The third kappa shape index (κ3) is 4.92. The van der Waals surface area contributed by atoms with Gasteiger partial charge in [-0.05, 0) is 52.6 Å². The summed E-state index contributed by atoms with van der Waals surface area (Å²) < 4.78 is 29.2. The van der Waals surface area contributed by atoms with Crippen molar-refractivity contribution in [3.8, 4) is 0 Å². The minimum atomic E-state index is -4.08. The Hall–Kier alpha value is -3.10. The van der Waals surface area contributed by atoms with Gasteiger partial charge in [-0.15, -0.1) is 11.3 Å². The lowest BCUT2D eigenvalue weighted by Gasteiger charge is -2.09. The molecule has 5 nitrogen and oxygen atoms in total. The molecule has 2 heterocycles. The molecule has 2 aromatic heterocycles. The van der Waals surface area contributed by atoms with Crippen LogP contribution in [0.3, 0.4) is 0 Å². The zero-order valence-corrected chi connectivity index (χ0v) is 22.2. The van der Waals surface area contributed by atoms with Gasteiger partial charge in [0, 0.05) is 24.2 Å². The minimum absolute atomic E-state index is 0.124. The Morgan fingerprint density at radius 2 is 1.81 bits per heavy atom. The molecule has 0 aliphatic rings. The number of nitrogens with one attached hydrogen (secondary N) is 1. The highest BCUT2D eigenvalue weighted by atomic mass is 35.5. The third-order valence-electron chi connectivity index (χ3n) is 5.83. The lowest BCUT2D eigenvalue weighted by atomic mass is 10.1. The van der Waals surface area contributed by atoms with Crippen LogP contribution in [0.1, 0.15) is 16.7 Å². The zero-order valence-electron chi connectivity index (χ0n) is 19.0. The van der Waals surface area contributed by atoms with Gasteiger partial charge in [0.15, 0.2) is 0 Å². The standard InChI is InChI=1S/C27H20Cl2N2O3S2/c1-17-15-31(16-18-9-10-19-5-2-3-6-21(19)13-18)26-20(7-4-8-22(17)26)11-12-24(32)30-36(33,34)25-14-23(28)27(29)35-25/h2-15H,16H2,1H3,(H,30,32). The molecule has 0 radical (unpaired) electrons. The fourth-order valence-electron chi connectivity index (χ4n) is 4.20. The average Bonchev–Trinajstić information content (AvgIpc) is 3.36. The second-order valence-corrected chi connectivity index (χ2v) is 12.3. The fourth-order valence-corrected chi connectivity index (χ4v) is 7.03. The van der Waals surface area contributed by atoms with Crippen molar-refractivity contribution in [2.75, 3.05) is 0 Å². The quantitative estimate of drug-likeness (QED) is 0.229. The number of para-hydroxylation sites is 1. The second kappa shape index (κ2) is 9.75. The molecule has 1 N–H and O–H groups in total. The number of hydrogen-bond acceptors (Lipinski definition) is 4. The number of rotatable bonds is 6. The summed E-state index contributed by atoms with van der Waals surface area (Å²) in [7, 11) is -4.08. The summed E-state index contributed by atoms with van der Waals surface area (Å²) in [4.78, 5) is 12.5. The molecular weight excluding hydrogens is 535 g/mol. The first kappa shape index (κ1) is 24.6. The van der Waals surface area contributed by atoms with Crippen LogP contribution in [0.15, 0.2) is 83.2 Å². The SMILES string of the molecule is Cc1cn(Cc2ccc3ccccc3c2)c2c(C=CC(=O)NS(=O)(=O)c3cc(Cl)c(Cl)s3)cccc12. The number of carbonyl (C=O) groups excluding carboxylic acids is 1. The predicted molar refractivity (Wildman–Crippen MR) is 148 cm³/mol. The highest BCUT2D eigenvalue weighted by molar-refractivity contribution is 7.92. The van der Waals surface area contributed by atoms with Crippen LogP contribution in [0.4, 0.5) is 0 Å². The summed E-state index contributed by atoms with van der Waals surface area (Å²) >= 11 is 12.5. The Morgan fingerprint density at radius 1 is 1.03 bits per heavy atom. The molecule has 3 aromatic carbocycles. The first-order valence-corrected chi connectivity index (χ1v) is 14.0. The molecule has 0 spiro atoms. The van der Waals surface area contributed by atoms with E-state index >= 15 is 0 Å². The number of sulfonamides is 1. The monoisotopic (exact) mass is 554 g/mol. The van der Waals surface area contributed by atoms with Gasteiger partial charge in [-0.25, -0.2) is 13.1 Å². The molecule has 0 aliphatic heterocycles. The number of carbonyl (C=O) groups is 1. The van der Waals surface area contributed by atoms with Gasteiger partial charge >= 0.3 is 0 Å². The number of aromatic nitrogens is 1. The van der Waals surface area contributed by atoms with Gasteiger partial charge in [-0.3, -0.25) is 4.79 Å². The van der Waals surface area contributed by atoms with E-state index < -0.39 is 15.9 Å². The summed E-state index contributed by atoms with van der Waals surface area (Å²) in [6.07, 6.45) is 4.93. The van der Waals surface area contributed by atoms with E-state index in [0.29, 0.717) is 6.54 Å². The molecule has 0 saturated carbocycles. The zero-order chi connectivity index (χ0) is 25.4. The van der Waals surface area contributed by atoms with Crippen molar-refractivity contribution in [2.24, 2.45) is 0 Å². The van der Waals surface area contributed by atoms with Crippen LogP contribution >= 0.6 is 34.5 Å². The number of hydrogen-bond donors (Lipinski definition) is 1. The minimum Gasteiger partial charge on any atom is -0.342 e. The maximum atomic E-state index is 12.5. The van der Waals surface area contributed by atoms with Crippen LogP contribution in [0.5, 0.6) is 0 Å². The Balaban J connectivity index is 1.43. The highest BCUT2D eigenvalue weighted by Gasteiger charge is 2.21. The van der Waals surface area contributed by atoms with Crippen molar-refractivity contribution in [1.29, 1.82) is 0 Å². The molecule has 5 aromatic rings. The van der Waals surface area contributed by atoms with E-state index in [2.05, 4.69) is 41.1 Å². The van der Waals surface area contributed by atoms with Gasteiger partial charge in [0.1, 0.15) is 8.55 Å². The summed E-state index contributed by atoms with van der Waals surface area (Å²) in [6, 6.07) is 21.7. The Bertz CT molecular complexity index is 1750. The van der Waals surface area contributed by atoms with E-state index in [1.165, 1.54) is 22.9 Å². The second-order valence-electron chi connectivity index (χ2n) is 8.36. The van der Waals surface area contributed by atoms with Gasteiger partial charge < -0.3 is 4.57 Å². The van der Waals surface area contributed by atoms with Crippen LogP contribution < -0.4 is 4.72 Å². The Morgan fingerprint density at radius 3 is 2.56 bits per heavy atom. The molecule has 1 amide bonds. The van der Waals surface area contributed by atoms with E-state index in [4.69, 9.17) is 23.2 Å². The normalized spacial score (nSPS) is 12.1. The maximum Gasteiger partial charge on any atom is 0.273 e. The largest absolute Gasteiger partial charge is 0.342 e. The summed E-state index contributed by atoms with van der Waals surface area (Å²) in [5.41, 5.74) is 4.03. The van der Waals surface area contributed by atoms with Crippen molar-refractivity contribution in [3.05, 3.63) is 105 Å². The van der Waals surface area contributed by atoms with Crippen molar-refractivity contribution >= 4 is 78.2 Å². The van der Waals surface area contributed by atoms with Gasteiger partial charge in [-0.2, -0.15) is 0 Å². The molecule has 0 atom stereocenters. The van der Waals surface area contributed by atoms with Crippen molar-refractivity contribution in [3.63, 3.8) is 0 Å². The summed E-state index contributed by atoms with van der Waals surface area (Å²) in [5.74, 6) is -0.767. The summed E-state index contributed by atoms with van der Waals surface area (Å²) in [5, 5.41) is 3.55. The lowest BCUT2D eigenvalue weighted by molar-refractivity contribution is -0.114. The lowest BCUT2D eigenvalue weighted by Crippen LogP contribution is -2.28. The van der Waals surface area contributed by atoms with Crippen molar-refractivity contribution < 1.29 is 13.2 Å². The Kier molecular flexibility index (Phi) is 6.66. The average molecular weight is 556 g/mol. The van der Waals surface area contributed by atoms with E-state index in [-0.39, 0.29) is 13.6 Å². The Labute approximate surface area is 222 Å². The first-order chi connectivity index (χ1) is 17.2. The molecule has 5 rings (SSSR count). The first-order valence-electron chi connectivity index (χ1n) is 11.0. The fraction of sp³-hybridized carbons (Fsp3) is 0.0741. The van der Waals surface area contributed by atoms with Crippen LogP contribution in [0.2, 0.25) is 9.36 Å². The van der Waals surface area contributed by atoms with E-state index in [0.717, 1.165) is 38.9 Å². The summed E-state index contributed by atoms with van der Waals surface area (Å²) in [6.45, 7) is 2.70. The third-order valence-corrected chi connectivity index (χ3v) is 9.52. The molecule has 182 valence electrons. The highest BCUT2D eigenvalue weighted by Crippen LogP contribution is 2.34. The van der Waals surface area contributed by atoms with Crippen molar-refractivity contribution in [2.45, 2.75) is 17.7 Å². The molecular formula is C27H20Cl2N2O3S2.